The summed E-state index contributed by atoms with van der Waals surface area (Å²) < 4.78 is 0. The molecule has 1 fully saturated rings. The fraction of sp³-hybridized carbons (Fsp3) is 0.947. The summed E-state index contributed by atoms with van der Waals surface area (Å²) in [5.41, 5.74) is 0.304. The Hall–Kier alpha value is -0.610. The van der Waals surface area contributed by atoms with E-state index in [-0.39, 0.29) is 6.54 Å². The van der Waals surface area contributed by atoms with Crippen LogP contribution in [0.2, 0.25) is 0 Å². The lowest BCUT2D eigenvalue weighted by Gasteiger charge is -2.46. The third-order valence-electron chi connectivity index (χ3n) is 5.38. The van der Waals surface area contributed by atoms with Crippen LogP contribution in [0.3, 0.4) is 0 Å². The monoisotopic (exact) mass is 326 g/mol. The molecule has 0 spiro atoms. The third-order valence-corrected chi connectivity index (χ3v) is 5.38. The van der Waals surface area contributed by atoms with Crippen molar-refractivity contribution in [1.29, 1.82) is 0 Å². The SMILES string of the molecule is CCCCCCC(C)(CCCCC)N1CCN(CC(=O)O)CC1. The van der Waals surface area contributed by atoms with E-state index in [2.05, 4.69) is 30.6 Å². The van der Waals surface area contributed by atoms with Crippen molar-refractivity contribution in [2.75, 3.05) is 32.7 Å². The average Bonchev–Trinajstić information content (AvgIpc) is 2.52. The zero-order valence-corrected chi connectivity index (χ0v) is 15.6. The lowest BCUT2D eigenvalue weighted by molar-refractivity contribution is -0.139. The summed E-state index contributed by atoms with van der Waals surface area (Å²) in [6, 6.07) is 0. The van der Waals surface area contributed by atoms with Gasteiger partial charge in [-0.15, -0.1) is 0 Å². The second-order valence-corrected chi connectivity index (χ2v) is 7.42. The van der Waals surface area contributed by atoms with Gasteiger partial charge in [-0.25, -0.2) is 0 Å². The van der Waals surface area contributed by atoms with Gasteiger partial charge in [0.2, 0.25) is 0 Å². The highest BCUT2D eigenvalue weighted by atomic mass is 16.4. The van der Waals surface area contributed by atoms with Gasteiger partial charge < -0.3 is 5.11 Å². The first-order valence-corrected chi connectivity index (χ1v) is 9.71. The number of carboxylic acid groups (broad SMARTS) is 1. The summed E-state index contributed by atoms with van der Waals surface area (Å²) in [7, 11) is 0. The van der Waals surface area contributed by atoms with E-state index in [0.29, 0.717) is 5.54 Å². The fourth-order valence-corrected chi connectivity index (χ4v) is 3.77. The fourth-order valence-electron chi connectivity index (χ4n) is 3.77. The molecular formula is C19H38N2O2. The Morgan fingerprint density at radius 2 is 1.43 bits per heavy atom. The van der Waals surface area contributed by atoms with Crippen molar-refractivity contribution in [2.45, 2.75) is 84.1 Å². The molecule has 1 unspecified atom stereocenters. The van der Waals surface area contributed by atoms with Gasteiger partial charge in [0.1, 0.15) is 0 Å². The summed E-state index contributed by atoms with van der Waals surface area (Å²) in [5.74, 6) is -0.705. The van der Waals surface area contributed by atoms with Gasteiger partial charge in [-0.05, 0) is 19.8 Å². The molecule has 0 bridgehead atoms. The average molecular weight is 327 g/mol. The van der Waals surface area contributed by atoms with Gasteiger partial charge in [0.15, 0.2) is 0 Å². The molecular weight excluding hydrogens is 288 g/mol. The first kappa shape index (κ1) is 20.4. The van der Waals surface area contributed by atoms with Crippen LogP contribution in [0.25, 0.3) is 0 Å². The normalized spacial score (nSPS) is 19.6. The number of aliphatic carboxylic acids is 1. The van der Waals surface area contributed by atoms with E-state index in [0.717, 1.165) is 26.2 Å². The largest absolute Gasteiger partial charge is 0.480 e. The molecule has 4 nitrogen and oxygen atoms in total. The maximum Gasteiger partial charge on any atom is 0.317 e. The molecule has 0 aromatic carbocycles. The van der Waals surface area contributed by atoms with Gasteiger partial charge in [0, 0.05) is 31.7 Å². The Bertz CT molecular complexity index is 327. The number of rotatable bonds is 12. The molecule has 0 saturated carbocycles. The van der Waals surface area contributed by atoms with Gasteiger partial charge in [0.05, 0.1) is 6.54 Å². The molecule has 1 heterocycles. The first-order valence-electron chi connectivity index (χ1n) is 9.71. The Morgan fingerprint density at radius 1 is 0.913 bits per heavy atom. The van der Waals surface area contributed by atoms with E-state index in [1.54, 1.807) is 0 Å². The number of carboxylic acids is 1. The van der Waals surface area contributed by atoms with Crippen molar-refractivity contribution >= 4 is 5.97 Å². The number of unbranched alkanes of at least 4 members (excludes halogenated alkanes) is 5. The van der Waals surface area contributed by atoms with Crippen molar-refractivity contribution in [1.82, 2.24) is 9.80 Å². The zero-order valence-electron chi connectivity index (χ0n) is 15.6. The van der Waals surface area contributed by atoms with Crippen molar-refractivity contribution in [3.63, 3.8) is 0 Å². The Morgan fingerprint density at radius 3 is 1.96 bits per heavy atom. The third kappa shape index (κ3) is 7.67. The second kappa shape index (κ2) is 11.0. The minimum absolute atomic E-state index is 0.191. The van der Waals surface area contributed by atoms with Crippen LogP contribution in [0.1, 0.15) is 78.6 Å². The lowest BCUT2D eigenvalue weighted by Crippen LogP contribution is -2.56. The van der Waals surface area contributed by atoms with Crippen LogP contribution in [0.5, 0.6) is 0 Å². The molecule has 1 atom stereocenters. The molecule has 23 heavy (non-hydrogen) atoms. The number of piperazine rings is 1. The topological polar surface area (TPSA) is 43.8 Å². The van der Waals surface area contributed by atoms with E-state index < -0.39 is 5.97 Å². The quantitative estimate of drug-likeness (QED) is 0.551. The van der Waals surface area contributed by atoms with Gasteiger partial charge in [-0.3, -0.25) is 14.6 Å². The van der Waals surface area contributed by atoms with E-state index in [1.807, 2.05) is 0 Å². The summed E-state index contributed by atoms with van der Waals surface area (Å²) in [6.45, 7) is 11.0. The smallest absolute Gasteiger partial charge is 0.317 e. The predicted molar refractivity (Wildman–Crippen MR) is 97.0 cm³/mol. The van der Waals surface area contributed by atoms with Crippen LogP contribution in [0.15, 0.2) is 0 Å². The molecule has 1 N–H and O–H groups in total. The molecule has 1 rings (SSSR count). The van der Waals surface area contributed by atoms with Crippen molar-refractivity contribution in [3.05, 3.63) is 0 Å². The van der Waals surface area contributed by atoms with Gasteiger partial charge in [-0.2, -0.15) is 0 Å². The summed E-state index contributed by atoms with van der Waals surface area (Å²) in [5, 5.41) is 8.95. The molecule has 1 saturated heterocycles. The molecule has 0 aromatic heterocycles. The van der Waals surface area contributed by atoms with Crippen LogP contribution >= 0.6 is 0 Å². The molecule has 1 aliphatic rings. The Labute approximate surface area is 143 Å². The molecule has 0 aliphatic carbocycles. The van der Waals surface area contributed by atoms with Crippen LogP contribution in [0, 0.1) is 0 Å². The van der Waals surface area contributed by atoms with Gasteiger partial charge in [0.25, 0.3) is 0 Å². The van der Waals surface area contributed by atoms with Crippen LogP contribution < -0.4 is 0 Å². The summed E-state index contributed by atoms with van der Waals surface area (Å²) >= 11 is 0. The highest BCUT2D eigenvalue weighted by molar-refractivity contribution is 5.69. The molecule has 0 amide bonds. The molecule has 4 heteroatoms. The highest BCUT2D eigenvalue weighted by Gasteiger charge is 2.33. The van der Waals surface area contributed by atoms with Crippen LogP contribution in [0.4, 0.5) is 0 Å². The molecule has 136 valence electrons. The summed E-state index contributed by atoms with van der Waals surface area (Å²) in [6.07, 6.45) is 11.8. The van der Waals surface area contributed by atoms with Crippen LogP contribution in [-0.2, 0) is 4.79 Å². The van der Waals surface area contributed by atoms with E-state index in [1.165, 1.54) is 57.8 Å². The number of hydrogen-bond acceptors (Lipinski definition) is 3. The summed E-state index contributed by atoms with van der Waals surface area (Å²) in [4.78, 5) is 15.6. The maximum atomic E-state index is 10.9. The number of hydrogen-bond donors (Lipinski definition) is 1. The van der Waals surface area contributed by atoms with Crippen LogP contribution in [-0.4, -0.2) is 59.1 Å². The number of carbonyl (C=O) groups is 1. The van der Waals surface area contributed by atoms with E-state index in [4.69, 9.17) is 5.11 Å². The van der Waals surface area contributed by atoms with Crippen molar-refractivity contribution in [3.8, 4) is 0 Å². The Balaban J connectivity index is 2.51. The first-order chi connectivity index (χ1) is 11.0. The molecule has 0 aromatic rings. The van der Waals surface area contributed by atoms with Crippen molar-refractivity contribution in [2.24, 2.45) is 0 Å². The predicted octanol–water partition coefficient (Wildman–Crippen LogP) is 4.00. The van der Waals surface area contributed by atoms with E-state index in [9.17, 15) is 4.79 Å². The number of nitrogens with zero attached hydrogens (tertiary/aromatic N) is 2. The highest BCUT2D eigenvalue weighted by Crippen LogP contribution is 2.30. The minimum atomic E-state index is -0.705. The maximum absolute atomic E-state index is 10.9. The van der Waals surface area contributed by atoms with Crippen molar-refractivity contribution < 1.29 is 9.90 Å². The standard InChI is InChI=1S/C19H38N2O2/c1-4-6-8-10-12-19(3,11-9-7-5-2)21-15-13-20(14-16-21)17-18(22)23/h4-17H2,1-3H3,(H,22,23). The van der Waals surface area contributed by atoms with E-state index >= 15 is 0 Å². The molecule has 0 radical (unpaired) electrons. The lowest BCUT2D eigenvalue weighted by atomic mass is 9.86. The van der Waals surface area contributed by atoms with Gasteiger partial charge in [-0.1, -0.05) is 58.8 Å². The van der Waals surface area contributed by atoms with Gasteiger partial charge >= 0.3 is 5.97 Å². The second-order valence-electron chi connectivity index (χ2n) is 7.42. The Kier molecular flexibility index (Phi) is 9.80. The molecule has 1 aliphatic heterocycles. The zero-order chi connectivity index (χ0) is 17.1. The minimum Gasteiger partial charge on any atom is -0.480 e.